The average Bonchev–Trinajstić information content (AvgIpc) is 3.66. The molecule has 1 aliphatic carbocycles. The molecule has 1 saturated carbocycles. The Balaban J connectivity index is 1.44. The molecule has 0 saturated heterocycles. The number of aryl methyl sites for hydroxylation is 1. The lowest BCUT2D eigenvalue weighted by Gasteiger charge is -2.17. The zero-order chi connectivity index (χ0) is 25.4. The van der Waals surface area contributed by atoms with Crippen LogP contribution in [0.25, 0.3) is 21.8 Å². The van der Waals surface area contributed by atoms with E-state index in [1.807, 2.05) is 18.2 Å². The summed E-state index contributed by atoms with van der Waals surface area (Å²) in [5, 5.41) is 15.1. The van der Waals surface area contributed by atoms with E-state index in [1.165, 1.54) is 36.1 Å². The first-order valence-corrected chi connectivity index (χ1v) is 14.3. The number of hydrogen-bond donors (Lipinski definition) is 2. The minimum Gasteiger partial charge on any atom is -0.394 e. The number of benzene rings is 3. The van der Waals surface area contributed by atoms with Crippen LogP contribution in [0.1, 0.15) is 54.2 Å². The fourth-order valence-electron chi connectivity index (χ4n) is 4.97. The first kappa shape index (κ1) is 24.5. The first-order valence-electron chi connectivity index (χ1n) is 12.6. The van der Waals surface area contributed by atoms with Crippen LogP contribution in [-0.4, -0.2) is 36.4 Å². The first-order chi connectivity index (χ1) is 17.3. The lowest BCUT2D eigenvalue weighted by molar-refractivity contribution is 0.0916. The zero-order valence-electron chi connectivity index (χ0n) is 20.7. The number of rotatable bonds is 9. The number of carbonyl (C=O) groups is 1. The summed E-state index contributed by atoms with van der Waals surface area (Å²) >= 11 is 0. The van der Waals surface area contributed by atoms with Crippen LogP contribution in [0.15, 0.2) is 65.6 Å². The second-order valence-electron chi connectivity index (χ2n) is 9.66. The van der Waals surface area contributed by atoms with Crippen molar-refractivity contribution in [2.75, 3.05) is 12.4 Å². The highest BCUT2D eigenvalue weighted by Crippen LogP contribution is 2.35. The van der Waals surface area contributed by atoms with E-state index in [4.69, 9.17) is 0 Å². The van der Waals surface area contributed by atoms with Crippen LogP contribution in [0.5, 0.6) is 0 Å². The fraction of sp³-hybridized carbons (Fsp3) is 0.345. The van der Waals surface area contributed by atoms with Gasteiger partial charge in [-0.3, -0.25) is 4.79 Å². The van der Waals surface area contributed by atoms with Crippen molar-refractivity contribution < 1.29 is 18.3 Å². The Labute approximate surface area is 211 Å². The van der Waals surface area contributed by atoms with E-state index in [9.17, 15) is 18.3 Å². The Morgan fingerprint density at radius 3 is 2.28 bits per heavy atom. The summed E-state index contributed by atoms with van der Waals surface area (Å²) in [6.45, 7) is 4.26. The lowest BCUT2D eigenvalue weighted by atomic mass is 10.0. The molecular weight excluding hydrogens is 472 g/mol. The molecule has 0 aliphatic heterocycles. The molecule has 36 heavy (non-hydrogen) atoms. The molecule has 1 unspecified atom stereocenters. The summed E-state index contributed by atoms with van der Waals surface area (Å²) in [5.41, 5.74) is 4.77. The Morgan fingerprint density at radius 1 is 1.00 bits per heavy atom. The maximum Gasteiger partial charge on any atom is 0.251 e. The lowest BCUT2D eigenvalue weighted by Crippen LogP contribution is -2.30. The van der Waals surface area contributed by atoms with Gasteiger partial charge in [0.2, 0.25) is 0 Å². The zero-order valence-corrected chi connectivity index (χ0v) is 21.5. The minimum atomic E-state index is -3.31. The summed E-state index contributed by atoms with van der Waals surface area (Å²) in [6, 6.07) is 18.1. The SMILES string of the molecule is CCn1c2ccc(CC3CC3)cc2c2cc(C(=O)NC(CO)c3ccc(S(=O)(=O)CC)cc3)ccc21. The van der Waals surface area contributed by atoms with Crippen molar-refractivity contribution in [2.24, 2.45) is 5.92 Å². The monoisotopic (exact) mass is 504 g/mol. The summed E-state index contributed by atoms with van der Waals surface area (Å²) in [4.78, 5) is 13.4. The molecule has 6 nitrogen and oxygen atoms in total. The van der Waals surface area contributed by atoms with Crippen LogP contribution in [0.2, 0.25) is 0 Å². The molecule has 1 heterocycles. The van der Waals surface area contributed by atoms with Gasteiger partial charge in [-0.15, -0.1) is 0 Å². The van der Waals surface area contributed by atoms with Gasteiger partial charge in [0.15, 0.2) is 9.84 Å². The van der Waals surface area contributed by atoms with Crippen LogP contribution in [0.3, 0.4) is 0 Å². The third-order valence-electron chi connectivity index (χ3n) is 7.24. The van der Waals surface area contributed by atoms with Crippen LogP contribution in [0.4, 0.5) is 0 Å². The van der Waals surface area contributed by atoms with Crippen LogP contribution in [-0.2, 0) is 22.8 Å². The summed E-state index contributed by atoms with van der Waals surface area (Å²) in [6.07, 6.45) is 3.72. The topological polar surface area (TPSA) is 88.4 Å². The van der Waals surface area contributed by atoms with Crippen molar-refractivity contribution >= 4 is 37.6 Å². The standard InChI is InChI=1S/C29H32N2O4S/c1-3-31-27-13-7-20(15-19-5-6-19)16-24(27)25-17-22(10-14-28(25)31)29(33)30-26(18-32)21-8-11-23(12-9-21)36(34,35)4-2/h7-14,16-17,19,26,32H,3-6,15,18H2,1-2H3,(H,30,33). The largest absolute Gasteiger partial charge is 0.394 e. The maximum atomic E-state index is 13.2. The number of amides is 1. The molecule has 1 fully saturated rings. The molecule has 0 radical (unpaired) electrons. The van der Waals surface area contributed by atoms with Crippen LogP contribution in [0, 0.1) is 5.92 Å². The van der Waals surface area contributed by atoms with Gasteiger partial charge in [0.05, 0.1) is 23.3 Å². The molecular formula is C29H32N2O4S. The molecule has 0 bridgehead atoms. The molecule has 1 amide bonds. The second-order valence-corrected chi connectivity index (χ2v) is 11.9. The number of carbonyl (C=O) groups excluding carboxylic acids is 1. The molecule has 4 aromatic rings. The van der Waals surface area contributed by atoms with Crippen molar-refractivity contribution in [3.8, 4) is 0 Å². The molecule has 7 heteroatoms. The van der Waals surface area contributed by atoms with Gasteiger partial charge in [0.1, 0.15) is 0 Å². The molecule has 1 aliphatic rings. The Hall–Kier alpha value is -3.16. The fourth-order valence-corrected chi connectivity index (χ4v) is 5.85. The van der Waals surface area contributed by atoms with Crippen LogP contribution >= 0.6 is 0 Å². The normalized spacial score (nSPS) is 14.9. The summed E-state index contributed by atoms with van der Waals surface area (Å²) in [7, 11) is -3.31. The third kappa shape index (κ3) is 4.65. The highest BCUT2D eigenvalue weighted by atomic mass is 32.2. The second kappa shape index (κ2) is 9.71. The van der Waals surface area contributed by atoms with E-state index < -0.39 is 15.9 Å². The van der Waals surface area contributed by atoms with Gasteiger partial charge < -0.3 is 15.0 Å². The van der Waals surface area contributed by atoms with E-state index in [-0.39, 0.29) is 23.2 Å². The van der Waals surface area contributed by atoms with Gasteiger partial charge in [-0.05, 0) is 85.7 Å². The van der Waals surface area contributed by atoms with E-state index in [2.05, 4.69) is 35.0 Å². The van der Waals surface area contributed by atoms with E-state index >= 15 is 0 Å². The molecule has 1 aromatic heterocycles. The van der Waals surface area contributed by atoms with Crippen molar-refractivity contribution in [3.05, 3.63) is 77.4 Å². The van der Waals surface area contributed by atoms with Gasteiger partial charge in [-0.1, -0.05) is 25.1 Å². The smallest absolute Gasteiger partial charge is 0.251 e. The summed E-state index contributed by atoms with van der Waals surface area (Å²) < 4.78 is 26.5. The number of sulfone groups is 1. The van der Waals surface area contributed by atoms with E-state index in [0.717, 1.165) is 35.2 Å². The molecule has 3 aromatic carbocycles. The molecule has 1 atom stereocenters. The number of aliphatic hydroxyl groups is 1. The molecule has 2 N–H and O–H groups in total. The van der Waals surface area contributed by atoms with E-state index in [0.29, 0.717) is 11.1 Å². The maximum absolute atomic E-state index is 13.2. The number of hydrogen-bond acceptors (Lipinski definition) is 4. The highest BCUT2D eigenvalue weighted by Gasteiger charge is 2.22. The Kier molecular flexibility index (Phi) is 6.62. The Bertz CT molecular complexity index is 1530. The molecule has 188 valence electrons. The quantitative estimate of drug-likeness (QED) is 0.335. The van der Waals surface area contributed by atoms with Gasteiger partial charge in [0, 0.05) is 33.9 Å². The highest BCUT2D eigenvalue weighted by molar-refractivity contribution is 7.91. The number of aliphatic hydroxyl groups excluding tert-OH is 1. The van der Waals surface area contributed by atoms with Crippen molar-refractivity contribution in [2.45, 2.75) is 50.6 Å². The van der Waals surface area contributed by atoms with Crippen molar-refractivity contribution in [1.29, 1.82) is 0 Å². The number of nitrogens with zero attached hydrogens (tertiary/aromatic N) is 1. The number of fused-ring (bicyclic) bond motifs is 3. The predicted octanol–water partition coefficient (Wildman–Crippen LogP) is 5.02. The van der Waals surface area contributed by atoms with E-state index in [1.54, 1.807) is 19.1 Å². The minimum absolute atomic E-state index is 0.0193. The molecule has 5 rings (SSSR count). The van der Waals surface area contributed by atoms with Gasteiger partial charge in [0.25, 0.3) is 5.91 Å². The van der Waals surface area contributed by atoms with Crippen molar-refractivity contribution in [1.82, 2.24) is 9.88 Å². The van der Waals surface area contributed by atoms with Gasteiger partial charge in [-0.25, -0.2) is 8.42 Å². The third-order valence-corrected chi connectivity index (χ3v) is 8.99. The van der Waals surface area contributed by atoms with Gasteiger partial charge >= 0.3 is 0 Å². The predicted molar refractivity (Wildman–Crippen MR) is 143 cm³/mol. The molecule has 0 spiro atoms. The number of aromatic nitrogens is 1. The summed E-state index contributed by atoms with van der Waals surface area (Å²) in [5.74, 6) is 0.536. The number of nitrogens with one attached hydrogen (secondary N) is 1. The van der Waals surface area contributed by atoms with Crippen LogP contribution < -0.4 is 5.32 Å². The van der Waals surface area contributed by atoms with Gasteiger partial charge in [-0.2, -0.15) is 0 Å². The average molecular weight is 505 g/mol. The Morgan fingerprint density at radius 2 is 1.67 bits per heavy atom. The van der Waals surface area contributed by atoms with Crippen molar-refractivity contribution in [3.63, 3.8) is 0 Å².